The highest BCUT2D eigenvalue weighted by Gasteiger charge is 2.18. The lowest BCUT2D eigenvalue weighted by Crippen LogP contribution is -2.18. The van der Waals surface area contributed by atoms with Gasteiger partial charge in [0.2, 0.25) is 0 Å². The van der Waals surface area contributed by atoms with Gasteiger partial charge in [-0.25, -0.2) is 4.68 Å². The summed E-state index contributed by atoms with van der Waals surface area (Å²) < 4.78 is 7.67. The second kappa shape index (κ2) is 4.53. The molecule has 0 N–H and O–H groups in total. The highest BCUT2D eigenvalue weighted by Crippen LogP contribution is 2.26. The lowest BCUT2D eigenvalue weighted by atomic mass is 10.1. The number of carbonyl (C=O) groups excluding carboxylic acids is 1. The molecule has 3 rings (SSSR count). The summed E-state index contributed by atoms with van der Waals surface area (Å²) in [6, 6.07) is 5.70. The zero-order valence-electron chi connectivity index (χ0n) is 10.4. The number of fused-ring (bicyclic) bond motifs is 1. The van der Waals surface area contributed by atoms with Crippen LogP contribution in [0.4, 0.5) is 0 Å². The molecule has 2 aromatic rings. The van der Waals surface area contributed by atoms with E-state index in [1.54, 1.807) is 13.1 Å². The van der Waals surface area contributed by atoms with Crippen LogP contribution in [-0.4, -0.2) is 22.2 Å². The molecule has 2 heterocycles. The van der Waals surface area contributed by atoms with Crippen LogP contribution in [0.3, 0.4) is 0 Å². The highest BCUT2D eigenvalue weighted by molar-refractivity contribution is 5.97. The van der Waals surface area contributed by atoms with Crippen molar-refractivity contribution in [3.05, 3.63) is 30.0 Å². The average Bonchev–Trinajstić information content (AvgIpc) is 2.82. The summed E-state index contributed by atoms with van der Waals surface area (Å²) in [6.45, 7) is 2.38. The highest BCUT2D eigenvalue weighted by atomic mass is 16.5. The first kappa shape index (κ1) is 11.4. The van der Waals surface area contributed by atoms with Crippen LogP contribution in [0.15, 0.2) is 24.4 Å². The van der Waals surface area contributed by atoms with Gasteiger partial charge in [0.1, 0.15) is 0 Å². The number of benzene rings is 1. The van der Waals surface area contributed by atoms with E-state index in [0.717, 1.165) is 35.9 Å². The fourth-order valence-electron chi connectivity index (χ4n) is 2.42. The second-order valence-electron chi connectivity index (χ2n) is 4.74. The van der Waals surface area contributed by atoms with Gasteiger partial charge in [0, 0.05) is 17.6 Å². The number of nitrogens with zero attached hydrogens (tertiary/aromatic N) is 2. The number of carbonyl (C=O) groups is 1. The Hall–Kier alpha value is -1.68. The van der Waals surface area contributed by atoms with Gasteiger partial charge >= 0.3 is 0 Å². The molecule has 0 bridgehead atoms. The topological polar surface area (TPSA) is 44.1 Å². The summed E-state index contributed by atoms with van der Waals surface area (Å²) in [7, 11) is 0. The first-order chi connectivity index (χ1) is 8.75. The van der Waals surface area contributed by atoms with Crippen molar-refractivity contribution >= 4 is 16.7 Å². The molecule has 4 heteroatoms. The van der Waals surface area contributed by atoms with Crippen molar-refractivity contribution < 1.29 is 9.53 Å². The van der Waals surface area contributed by atoms with E-state index in [-0.39, 0.29) is 12.0 Å². The molecule has 1 aromatic carbocycles. The van der Waals surface area contributed by atoms with Crippen LogP contribution >= 0.6 is 0 Å². The Bertz CT molecular complexity index is 582. The van der Waals surface area contributed by atoms with Gasteiger partial charge in [-0.3, -0.25) is 4.79 Å². The summed E-state index contributed by atoms with van der Waals surface area (Å²) in [5.41, 5.74) is 1.76. The fourth-order valence-corrected chi connectivity index (χ4v) is 2.42. The Morgan fingerprint density at radius 1 is 1.44 bits per heavy atom. The molecule has 0 saturated carbocycles. The smallest absolute Gasteiger partial charge is 0.159 e. The predicted molar refractivity (Wildman–Crippen MR) is 68.6 cm³/mol. The molecule has 1 aromatic heterocycles. The van der Waals surface area contributed by atoms with Crippen LogP contribution < -0.4 is 0 Å². The van der Waals surface area contributed by atoms with E-state index in [9.17, 15) is 4.79 Å². The quantitative estimate of drug-likeness (QED) is 0.763. The standard InChI is InChI=1S/C14H16N2O2/c1-10(17)11-5-6-13-12(8-11)9-15-16(13)14-4-2-3-7-18-14/h5-6,8-9,14H,2-4,7H2,1H3. The maximum absolute atomic E-state index is 11.3. The van der Waals surface area contributed by atoms with Crippen molar-refractivity contribution in [2.75, 3.05) is 6.61 Å². The Labute approximate surface area is 106 Å². The van der Waals surface area contributed by atoms with Gasteiger partial charge < -0.3 is 4.74 Å². The van der Waals surface area contributed by atoms with E-state index in [1.807, 2.05) is 22.9 Å². The molecule has 4 nitrogen and oxygen atoms in total. The van der Waals surface area contributed by atoms with Gasteiger partial charge in [-0.05, 0) is 44.4 Å². The number of rotatable bonds is 2. The summed E-state index contributed by atoms with van der Waals surface area (Å²) in [5.74, 6) is 0.0820. The Kier molecular flexibility index (Phi) is 2.88. The number of ether oxygens (including phenoxy) is 1. The number of aromatic nitrogens is 2. The minimum Gasteiger partial charge on any atom is -0.356 e. The molecule has 1 unspecified atom stereocenters. The molecule has 18 heavy (non-hydrogen) atoms. The maximum Gasteiger partial charge on any atom is 0.159 e. The molecule has 1 aliphatic rings. The van der Waals surface area contributed by atoms with Crippen molar-refractivity contribution in [2.24, 2.45) is 0 Å². The molecule has 1 atom stereocenters. The molecular formula is C14H16N2O2. The molecule has 0 aliphatic carbocycles. The lowest BCUT2D eigenvalue weighted by molar-refractivity contribution is -0.0366. The third kappa shape index (κ3) is 1.93. The van der Waals surface area contributed by atoms with E-state index in [0.29, 0.717) is 0 Å². The SMILES string of the molecule is CC(=O)c1ccc2c(cnn2C2CCCCO2)c1. The maximum atomic E-state index is 11.3. The van der Waals surface area contributed by atoms with E-state index < -0.39 is 0 Å². The van der Waals surface area contributed by atoms with Gasteiger partial charge in [0.15, 0.2) is 12.0 Å². The first-order valence-corrected chi connectivity index (χ1v) is 6.35. The van der Waals surface area contributed by atoms with Crippen molar-refractivity contribution in [3.8, 4) is 0 Å². The lowest BCUT2D eigenvalue weighted by Gasteiger charge is -2.23. The Balaban J connectivity index is 2.01. The normalized spacial score (nSPS) is 20.2. The van der Waals surface area contributed by atoms with Gasteiger partial charge in [-0.2, -0.15) is 5.10 Å². The summed E-state index contributed by atoms with van der Waals surface area (Å²) in [6.07, 6.45) is 5.16. The molecule has 0 radical (unpaired) electrons. The first-order valence-electron chi connectivity index (χ1n) is 6.35. The average molecular weight is 244 g/mol. The third-order valence-electron chi connectivity index (χ3n) is 3.43. The minimum atomic E-state index is 0.0411. The van der Waals surface area contributed by atoms with Crippen LogP contribution in [0.25, 0.3) is 10.9 Å². The van der Waals surface area contributed by atoms with Crippen molar-refractivity contribution in [3.63, 3.8) is 0 Å². The van der Waals surface area contributed by atoms with Crippen molar-refractivity contribution in [2.45, 2.75) is 32.4 Å². The summed E-state index contributed by atoms with van der Waals surface area (Å²) in [4.78, 5) is 11.3. The molecule has 1 aliphatic heterocycles. The van der Waals surface area contributed by atoms with Gasteiger partial charge in [0.05, 0.1) is 11.7 Å². The van der Waals surface area contributed by atoms with Crippen molar-refractivity contribution in [1.82, 2.24) is 9.78 Å². The van der Waals surface area contributed by atoms with Gasteiger partial charge in [0.25, 0.3) is 0 Å². The molecule has 1 saturated heterocycles. The molecular weight excluding hydrogens is 228 g/mol. The van der Waals surface area contributed by atoms with Crippen LogP contribution in [0.2, 0.25) is 0 Å². The van der Waals surface area contributed by atoms with Gasteiger partial charge in [-0.1, -0.05) is 0 Å². The Morgan fingerprint density at radius 2 is 2.33 bits per heavy atom. The van der Waals surface area contributed by atoms with E-state index in [1.165, 1.54) is 6.42 Å². The number of hydrogen-bond donors (Lipinski definition) is 0. The zero-order valence-corrected chi connectivity index (χ0v) is 10.4. The van der Waals surface area contributed by atoms with Crippen molar-refractivity contribution in [1.29, 1.82) is 0 Å². The molecule has 0 amide bonds. The largest absolute Gasteiger partial charge is 0.356 e. The van der Waals surface area contributed by atoms with E-state index in [2.05, 4.69) is 5.10 Å². The van der Waals surface area contributed by atoms with Crippen LogP contribution in [0, 0.1) is 0 Å². The minimum absolute atomic E-state index is 0.0411. The van der Waals surface area contributed by atoms with Gasteiger partial charge in [-0.15, -0.1) is 0 Å². The van der Waals surface area contributed by atoms with Crippen LogP contribution in [0.1, 0.15) is 42.8 Å². The number of Topliss-reactive ketones (excluding diaryl/α,β-unsaturated/α-hetero) is 1. The fraction of sp³-hybridized carbons (Fsp3) is 0.429. The zero-order chi connectivity index (χ0) is 12.5. The molecule has 1 fully saturated rings. The predicted octanol–water partition coefficient (Wildman–Crippen LogP) is 2.94. The molecule has 94 valence electrons. The second-order valence-corrected chi connectivity index (χ2v) is 4.74. The van der Waals surface area contributed by atoms with E-state index in [4.69, 9.17) is 4.74 Å². The van der Waals surface area contributed by atoms with Crippen LogP contribution in [0.5, 0.6) is 0 Å². The molecule has 0 spiro atoms. The number of ketones is 1. The number of hydrogen-bond acceptors (Lipinski definition) is 3. The Morgan fingerprint density at radius 3 is 3.06 bits per heavy atom. The van der Waals surface area contributed by atoms with E-state index >= 15 is 0 Å². The monoisotopic (exact) mass is 244 g/mol. The van der Waals surface area contributed by atoms with Crippen LogP contribution in [-0.2, 0) is 4.74 Å². The summed E-state index contributed by atoms with van der Waals surface area (Å²) >= 11 is 0. The summed E-state index contributed by atoms with van der Waals surface area (Å²) in [5, 5.41) is 5.40. The third-order valence-corrected chi connectivity index (χ3v) is 3.43.